The Hall–Kier alpha value is -0.590. The van der Waals surface area contributed by atoms with Crippen LogP contribution in [0.2, 0.25) is 0 Å². The summed E-state index contributed by atoms with van der Waals surface area (Å²) in [5.74, 6) is 0.837. The second-order valence-electron chi connectivity index (χ2n) is 4.20. The van der Waals surface area contributed by atoms with Crippen LogP contribution in [0.3, 0.4) is 0 Å². The average molecular weight is 465 g/mol. The third kappa shape index (κ3) is 3.74. The number of hydrogen-bond donors (Lipinski definition) is 1. The van der Waals surface area contributed by atoms with E-state index in [9.17, 15) is 0 Å². The van der Waals surface area contributed by atoms with E-state index < -0.39 is 0 Å². The number of nitrogens with one attached hydrogen (secondary N) is 1. The fourth-order valence-electron chi connectivity index (χ4n) is 1.88. The fourth-order valence-corrected chi connectivity index (χ4v) is 3.75. The van der Waals surface area contributed by atoms with E-state index in [2.05, 4.69) is 58.1 Å². The number of anilines is 1. The van der Waals surface area contributed by atoms with Gasteiger partial charge in [-0.25, -0.2) is 4.98 Å². The van der Waals surface area contributed by atoms with Crippen LogP contribution in [-0.4, -0.2) is 12.1 Å². The van der Waals surface area contributed by atoms with Gasteiger partial charge in [0.1, 0.15) is 10.4 Å². The molecule has 1 heterocycles. The van der Waals surface area contributed by atoms with Gasteiger partial charge in [0.15, 0.2) is 0 Å². The Balaban J connectivity index is 2.22. The SMILES string of the molecule is COc1c(Br)cc(Br)cc1CNc1ccc(Br)nc1C. The molecule has 2 rings (SSSR count). The zero-order valence-corrected chi connectivity index (χ0v) is 15.8. The summed E-state index contributed by atoms with van der Waals surface area (Å²) in [7, 11) is 1.67. The Kier molecular flexibility index (Phi) is 5.46. The summed E-state index contributed by atoms with van der Waals surface area (Å²) in [6.07, 6.45) is 0. The van der Waals surface area contributed by atoms with Crippen molar-refractivity contribution in [3.05, 3.63) is 49.1 Å². The van der Waals surface area contributed by atoms with Crippen molar-refractivity contribution >= 4 is 53.5 Å². The fraction of sp³-hybridized carbons (Fsp3) is 0.214. The van der Waals surface area contributed by atoms with Crippen molar-refractivity contribution in [1.82, 2.24) is 4.98 Å². The Bertz CT molecular complexity index is 632. The Labute approximate surface area is 143 Å². The van der Waals surface area contributed by atoms with Gasteiger partial charge in [0.25, 0.3) is 0 Å². The third-order valence-electron chi connectivity index (χ3n) is 2.81. The molecule has 0 spiro atoms. The summed E-state index contributed by atoms with van der Waals surface area (Å²) in [6, 6.07) is 7.93. The van der Waals surface area contributed by atoms with Gasteiger partial charge in [-0.2, -0.15) is 0 Å². The summed E-state index contributed by atoms with van der Waals surface area (Å²) in [5.41, 5.74) is 3.02. The molecular weight excluding hydrogens is 452 g/mol. The summed E-state index contributed by atoms with van der Waals surface area (Å²) >= 11 is 10.4. The highest BCUT2D eigenvalue weighted by molar-refractivity contribution is 9.11. The van der Waals surface area contributed by atoms with Gasteiger partial charge >= 0.3 is 0 Å². The van der Waals surface area contributed by atoms with Crippen molar-refractivity contribution in [3.63, 3.8) is 0 Å². The molecule has 1 N–H and O–H groups in total. The number of rotatable bonds is 4. The molecule has 1 aromatic heterocycles. The molecule has 0 aliphatic carbocycles. The highest BCUT2D eigenvalue weighted by Gasteiger charge is 2.10. The lowest BCUT2D eigenvalue weighted by Crippen LogP contribution is -2.04. The molecule has 106 valence electrons. The van der Waals surface area contributed by atoms with Gasteiger partial charge in [-0.1, -0.05) is 15.9 Å². The molecule has 0 fully saturated rings. The van der Waals surface area contributed by atoms with Gasteiger partial charge in [-0.05, 0) is 63.0 Å². The first-order valence-electron chi connectivity index (χ1n) is 5.90. The second kappa shape index (κ2) is 6.91. The first-order valence-corrected chi connectivity index (χ1v) is 8.28. The average Bonchev–Trinajstić information content (AvgIpc) is 2.37. The minimum Gasteiger partial charge on any atom is -0.495 e. The highest BCUT2D eigenvalue weighted by Crippen LogP contribution is 2.33. The smallest absolute Gasteiger partial charge is 0.138 e. The number of methoxy groups -OCH3 is 1. The van der Waals surface area contributed by atoms with Crippen molar-refractivity contribution < 1.29 is 4.74 Å². The Morgan fingerprint density at radius 1 is 1.20 bits per heavy atom. The molecule has 0 bridgehead atoms. The van der Waals surface area contributed by atoms with Crippen molar-refractivity contribution in [2.24, 2.45) is 0 Å². The molecule has 0 unspecified atom stereocenters. The number of benzene rings is 1. The Morgan fingerprint density at radius 2 is 1.95 bits per heavy atom. The molecule has 0 atom stereocenters. The molecule has 2 aromatic rings. The lowest BCUT2D eigenvalue weighted by atomic mass is 10.2. The van der Waals surface area contributed by atoms with Crippen LogP contribution in [-0.2, 0) is 6.54 Å². The van der Waals surface area contributed by atoms with Crippen LogP contribution in [0.1, 0.15) is 11.3 Å². The van der Waals surface area contributed by atoms with E-state index in [4.69, 9.17) is 4.74 Å². The van der Waals surface area contributed by atoms with Crippen molar-refractivity contribution in [2.45, 2.75) is 13.5 Å². The maximum atomic E-state index is 5.44. The first-order chi connectivity index (χ1) is 9.51. The number of aryl methyl sites for hydroxylation is 1. The molecule has 0 aliphatic rings. The summed E-state index contributed by atoms with van der Waals surface area (Å²) in [6.45, 7) is 2.63. The Morgan fingerprint density at radius 3 is 2.60 bits per heavy atom. The van der Waals surface area contributed by atoms with E-state index >= 15 is 0 Å². The van der Waals surface area contributed by atoms with E-state index in [0.29, 0.717) is 6.54 Å². The quantitative estimate of drug-likeness (QED) is 0.623. The monoisotopic (exact) mass is 462 g/mol. The number of aromatic nitrogens is 1. The predicted molar refractivity (Wildman–Crippen MR) is 92.4 cm³/mol. The molecule has 0 saturated heterocycles. The van der Waals surface area contributed by atoms with Gasteiger partial charge in [0.05, 0.1) is 23.0 Å². The van der Waals surface area contributed by atoms with Crippen LogP contribution in [0.4, 0.5) is 5.69 Å². The zero-order chi connectivity index (χ0) is 14.7. The topological polar surface area (TPSA) is 34.1 Å². The van der Waals surface area contributed by atoms with Gasteiger partial charge in [0, 0.05) is 16.6 Å². The van der Waals surface area contributed by atoms with Crippen molar-refractivity contribution in [2.75, 3.05) is 12.4 Å². The molecular formula is C14H13Br3N2O. The van der Waals surface area contributed by atoms with Gasteiger partial charge < -0.3 is 10.1 Å². The number of halogens is 3. The maximum Gasteiger partial charge on any atom is 0.138 e. The second-order valence-corrected chi connectivity index (χ2v) is 6.78. The summed E-state index contributed by atoms with van der Waals surface area (Å²) in [5, 5.41) is 3.38. The van der Waals surface area contributed by atoms with Crippen molar-refractivity contribution in [3.8, 4) is 5.75 Å². The minimum atomic E-state index is 0.658. The van der Waals surface area contributed by atoms with Crippen LogP contribution in [0.5, 0.6) is 5.75 Å². The van der Waals surface area contributed by atoms with E-state index in [1.807, 2.05) is 31.2 Å². The lowest BCUT2D eigenvalue weighted by molar-refractivity contribution is 0.407. The van der Waals surface area contributed by atoms with Crippen LogP contribution >= 0.6 is 47.8 Å². The van der Waals surface area contributed by atoms with Gasteiger partial charge in [0.2, 0.25) is 0 Å². The number of pyridine rings is 1. The highest BCUT2D eigenvalue weighted by atomic mass is 79.9. The number of ether oxygens (including phenoxy) is 1. The van der Waals surface area contributed by atoms with E-state index in [-0.39, 0.29) is 0 Å². The van der Waals surface area contributed by atoms with Gasteiger partial charge in [-0.15, -0.1) is 0 Å². The number of hydrogen-bond acceptors (Lipinski definition) is 3. The molecule has 3 nitrogen and oxygen atoms in total. The molecule has 6 heteroatoms. The molecule has 0 amide bonds. The number of nitrogens with zero attached hydrogens (tertiary/aromatic N) is 1. The van der Waals surface area contributed by atoms with E-state index in [0.717, 1.165) is 36.2 Å². The first kappa shape index (κ1) is 15.8. The van der Waals surface area contributed by atoms with Crippen molar-refractivity contribution in [1.29, 1.82) is 0 Å². The lowest BCUT2D eigenvalue weighted by Gasteiger charge is -2.14. The third-order valence-corrected chi connectivity index (χ3v) is 4.30. The van der Waals surface area contributed by atoms with Gasteiger partial charge in [-0.3, -0.25) is 0 Å². The van der Waals surface area contributed by atoms with E-state index in [1.54, 1.807) is 7.11 Å². The summed E-state index contributed by atoms with van der Waals surface area (Å²) in [4.78, 5) is 4.37. The zero-order valence-electron chi connectivity index (χ0n) is 11.0. The predicted octanol–water partition coefficient (Wildman–Crippen LogP) is 5.30. The molecule has 0 radical (unpaired) electrons. The van der Waals surface area contributed by atoms with E-state index in [1.165, 1.54) is 0 Å². The molecule has 1 aromatic carbocycles. The minimum absolute atomic E-state index is 0.658. The maximum absolute atomic E-state index is 5.44. The van der Waals surface area contributed by atoms with Crippen LogP contribution in [0.25, 0.3) is 0 Å². The largest absolute Gasteiger partial charge is 0.495 e. The molecule has 0 aliphatic heterocycles. The molecule has 20 heavy (non-hydrogen) atoms. The van der Waals surface area contributed by atoms with Crippen LogP contribution < -0.4 is 10.1 Å². The van der Waals surface area contributed by atoms with Crippen LogP contribution in [0.15, 0.2) is 37.8 Å². The van der Waals surface area contributed by atoms with Crippen LogP contribution in [0, 0.1) is 6.92 Å². The normalized spacial score (nSPS) is 10.4. The molecule has 0 saturated carbocycles. The standard InChI is InChI=1S/C14H13Br3N2O/c1-8-12(3-4-13(17)19-8)18-7-9-5-10(15)6-11(16)14(9)20-2/h3-6,18H,7H2,1-2H3. The summed E-state index contributed by atoms with van der Waals surface area (Å²) < 4.78 is 8.21.